The summed E-state index contributed by atoms with van der Waals surface area (Å²) in [5, 5.41) is -0.210. The standard InChI is InChI=1S/C8H19O2P/c1-7(2,3)10-11(9)8(4,5)6/h11H,1-6H3. The Balaban J connectivity index is 4.11. The average molecular weight is 178 g/mol. The molecule has 0 saturated carbocycles. The van der Waals surface area contributed by atoms with Crippen LogP contribution in [0.2, 0.25) is 0 Å². The molecule has 1 unspecified atom stereocenters. The molecule has 68 valence electrons. The molecule has 2 nitrogen and oxygen atoms in total. The summed E-state index contributed by atoms with van der Waals surface area (Å²) in [5.74, 6) is 0. The fraction of sp³-hybridized carbons (Fsp3) is 1.00. The Labute approximate surface area is 70.2 Å². The zero-order valence-electron chi connectivity index (χ0n) is 8.32. The van der Waals surface area contributed by atoms with Gasteiger partial charge in [-0.15, -0.1) is 0 Å². The Kier molecular flexibility index (Phi) is 3.34. The van der Waals surface area contributed by atoms with Gasteiger partial charge in [-0.3, -0.25) is 4.57 Å². The van der Waals surface area contributed by atoms with E-state index in [1.165, 1.54) is 0 Å². The molecule has 0 aromatic carbocycles. The molecule has 0 aliphatic rings. The first-order valence-corrected chi connectivity index (χ1v) is 5.18. The van der Waals surface area contributed by atoms with Gasteiger partial charge in [0.25, 0.3) is 0 Å². The Morgan fingerprint density at radius 2 is 1.36 bits per heavy atom. The number of hydrogen-bond acceptors (Lipinski definition) is 2. The van der Waals surface area contributed by atoms with Crippen molar-refractivity contribution in [3.63, 3.8) is 0 Å². The highest BCUT2D eigenvalue weighted by Gasteiger charge is 2.24. The zero-order valence-corrected chi connectivity index (χ0v) is 9.32. The van der Waals surface area contributed by atoms with Crippen molar-refractivity contribution >= 4 is 8.03 Å². The third-order valence-electron chi connectivity index (χ3n) is 1.01. The summed E-state index contributed by atoms with van der Waals surface area (Å²) in [6.45, 7) is 11.5. The van der Waals surface area contributed by atoms with Crippen LogP contribution in [-0.4, -0.2) is 10.8 Å². The van der Waals surface area contributed by atoms with Gasteiger partial charge in [-0.05, 0) is 20.8 Å². The molecule has 0 aromatic heterocycles. The van der Waals surface area contributed by atoms with Crippen LogP contribution >= 0.6 is 8.03 Å². The van der Waals surface area contributed by atoms with E-state index >= 15 is 0 Å². The van der Waals surface area contributed by atoms with Crippen LogP contribution < -0.4 is 0 Å². The summed E-state index contributed by atoms with van der Waals surface area (Å²) in [6, 6.07) is 0. The van der Waals surface area contributed by atoms with E-state index < -0.39 is 8.03 Å². The molecule has 1 atom stereocenters. The number of hydrogen-bond donors (Lipinski definition) is 0. The van der Waals surface area contributed by atoms with Crippen LogP contribution in [0.1, 0.15) is 41.5 Å². The topological polar surface area (TPSA) is 26.3 Å². The monoisotopic (exact) mass is 178 g/mol. The maximum atomic E-state index is 11.4. The Morgan fingerprint density at radius 3 is 1.45 bits per heavy atom. The number of rotatable bonds is 1. The molecule has 0 radical (unpaired) electrons. The second kappa shape index (κ2) is 3.28. The lowest BCUT2D eigenvalue weighted by Crippen LogP contribution is -2.19. The van der Waals surface area contributed by atoms with E-state index in [0.717, 1.165) is 0 Å². The minimum atomic E-state index is -1.91. The first-order valence-electron chi connectivity index (χ1n) is 3.86. The van der Waals surface area contributed by atoms with Gasteiger partial charge in [0.1, 0.15) is 0 Å². The van der Waals surface area contributed by atoms with Crippen molar-refractivity contribution < 1.29 is 9.09 Å². The zero-order chi connectivity index (χ0) is 9.28. The summed E-state index contributed by atoms with van der Waals surface area (Å²) < 4.78 is 16.8. The minimum absolute atomic E-state index is 0.210. The SMILES string of the molecule is CC(C)(C)O[PH](=O)C(C)(C)C. The van der Waals surface area contributed by atoms with Gasteiger partial charge in [0.05, 0.1) is 5.60 Å². The highest BCUT2D eigenvalue weighted by Crippen LogP contribution is 2.42. The normalized spacial score (nSPS) is 16.5. The molecule has 0 aliphatic heterocycles. The van der Waals surface area contributed by atoms with E-state index in [4.69, 9.17) is 4.52 Å². The third-order valence-corrected chi connectivity index (χ3v) is 3.03. The van der Waals surface area contributed by atoms with Gasteiger partial charge >= 0.3 is 0 Å². The summed E-state index contributed by atoms with van der Waals surface area (Å²) in [6.07, 6.45) is 0. The van der Waals surface area contributed by atoms with Gasteiger partial charge in [-0.25, -0.2) is 0 Å². The second-order valence-electron chi connectivity index (χ2n) is 4.75. The van der Waals surface area contributed by atoms with Crippen molar-refractivity contribution in [3.8, 4) is 0 Å². The van der Waals surface area contributed by atoms with Crippen LogP contribution in [0.3, 0.4) is 0 Å². The molecule has 0 aliphatic carbocycles. The predicted octanol–water partition coefficient (Wildman–Crippen LogP) is 3.07. The van der Waals surface area contributed by atoms with Crippen molar-refractivity contribution in [2.24, 2.45) is 0 Å². The Hall–Kier alpha value is 0.190. The van der Waals surface area contributed by atoms with Crippen LogP contribution in [0.4, 0.5) is 0 Å². The van der Waals surface area contributed by atoms with E-state index in [1.54, 1.807) is 0 Å². The molecule has 11 heavy (non-hydrogen) atoms. The van der Waals surface area contributed by atoms with E-state index in [-0.39, 0.29) is 10.8 Å². The van der Waals surface area contributed by atoms with Gasteiger partial charge in [0.2, 0.25) is 0 Å². The van der Waals surface area contributed by atoms with Crippen LogP contribution in [-0.2, 0) is 9.09 Å². The molecule has 0 N–H and O–H groups in total. The lowest BCUT2D eigenvalue weighted by molar-refractivity contribution is 0.138. The molecule has 0 saturated heterocycles. The van der Waals surface area contributed by atoms with Crippen molar-refractivity contribution in [1.82, 2.24) is 0 Å². The van der Waals surface area contributed by atoms with Crippen molar-refractivity contribution in [2.75, 3.05) is 0 Å². The maximum Gasteiger partial charge on any atom is 0.197 e. The van der Waals surface area contributed by atoms with Gasteiger partial charge < -0.3 is 4.52 Å². The van der Waals surface area contributed by atoms with Crippen LogP contribution in [0.25, 0.3) is 0 Å². The molecule has 0 aromatic rings. The Morgan fingerprint density at radius 1 is 1.00 bits per heavy atom. The predicted molar refractivity (Wildman–Crippen MR) is 49.6 cm³/mol. The average Bonchev–Trinajstić information content (AvgIpc) is 1.56. The Bertz CT molecular complexity index is 150. The van der Waals surface area contributed by atoms with Crippen molar-refractivity contribution in [1.29, 1.82) is 0 Å². The maximum absolute atomic E-state index is 11.4. The lowest BCUT2D eigenvalue weighted by Gasteiger charge is -2.25. The molecule has 0 spiro atoms. The molecule has 0 fully saturated rings. The van der Waals surface area contributed by atoms with Gasteiger partial charge in [-0.2, -0.15) is 0 Å². The molecule has 0 bridgehead atoms. The third kappa shape index (κ3) is 5.46. The molecular formula is C8H19O2P. The first-order chi connectivity index (χ1) is 4.63. The second-order valence-corrected chi connectivity index (χ2v) is 7.03. The van der Waals surface area contributed by atoms with E-state index in [0.29, 0.717) is 0 Å². The van der Waals surface area contributed by atoms with Crippen LogP contribution in [0.15, 0.2) is 0 Å². The lowest BCUT2D eigenvalue weighted by atomic mass is 10.2. The summed E-state index contributed by atoms with van der Waals surface area (Å²) in [7, 11) is -1.91. The fourth-order valence-electron chi connectivity index (χ4n) is 0.431. The van der Waals surface area contributed by atoms with E-state index in [2.05, 4.69) is 0 Å². The summed E-state index contributed by atoms with van der Waals surface area (Å²) >= 11 is 0. The van der Waals surface area contributed by atoms with E-state index in [9.17, 15) is 4.57 Å². The quantitative estimate of drug-likeness (QED) is 0.577. The largest absolute Gasteiger partial charge is 0.324 e. The molecule has 0 rings (SSSR count). The van der Waals surface area contributed by atoms with E-state index in [1.807, 2.05) is 41.5 Å². The van der Waals surface area contributed by atoms with Crippen molar-refractivity contribution in [2.45, 2.75) is 52.3 Å². The van der Waals surface area contributed by atoms with Gasteiger partial charge in [0.15, 0.2) is 8.03 Å². The highest BCUT2D eigenvalue weighted by atomic mass is 31.1. The van der Waals surface area contributed by atoms with Gasteiger partial charge in [0, 0.05) is 5.16 Å². The van der Waals surface area contributed by atoms with Crippen LogP contribution in [0.5, 0.6) is 0 Å². The summed E-state index contributed by atoms with van der Waals surface area (Å²) in [5.41, 5.74) is -0.288. The van der Waals surface area contributed by atoms with Gasteiger partial charge in [-0.1, -0.05) is 20.8 Å². The molecular weight excluding hydrogens is 159 g/mol. The highest BCUT2D eigenvalue weighted by molar-refractivity contribution is 7.41. The smallest absolute Gasteiger partial charge is 0.197 e. The molecule has 0 heterocycles. The minimum Gasteiger partial charge on any atom is -0.324 e. The summed E-state index contributed by atoms with van der Waals surface area (Å²) in [4.78, 5) is 0. The first kappa shape index (κ1) is 11.2. The molecule has 3 heteroatoms. The van der Waals surface area contributed by atoms with Crippen LogP contribution in [0, 0.1) is 0 Å². The fourth-order valence-corrected chi connectivity index (χ4v) is 1.29. The molecule has 0 amide bonds. The van der Waals surface area contributed by atoms with Crippen molar-refractivity contribution in [3.05, 3.63) is 0 Å².